The van der Waals surface area contributed by atoms with Gasteiger partial charge < -0.3 is 10.2 Å². The Kier molecular flexibility index (Phi) is 3.53. The van der Waals surface area contributed by atoms with Crippen molar-refractivity contribution < 1.29 is 4.79 Å². The molecular formula is C13H24N2O. The third-order valence-electron chi connectivity index (χ3n) is 4.35. The number of amides is 1. The summed E-state index contributed by atoms with van der Waals surface area (Å²) in [5, 5.41) is 3.39. The smallest absolute Gasteiger partial charge is 0.228 e. The molecule has 2 fully saturated rings. The van der Waals surface area contributed by atoms with Gasteiger partial charge in [0, 0.05) is 31.1 Å². The Morgan fingerprint density at radius 1 is 1.44 bits per heavy atom. The Morgan fingerprint density at radius 2 is 2.12 bits per heavy atom. The summed E-state index contributed by atoms with van der Waals surface area (Å²) in [6.45, 7) is 7.07. The van der Waals surface area contributed by atoms with Crippen molar-refractivity contribution in [2.75, 3.05) is 19.6 Å². The number of nitrogens with one attached hydrogen (secondary N) is 1. The van der Waals surface area contributed by atoms with E-state index in [1.807, 2.05) is 0 Å². The third-order valence-corrected chi connectivity index (χ3v) is 4.35. The van der Waals surface area contributed by atoms with E-state index in [2.05, 4.69) is 24.1 Å². The van der Waals surface area contributed by atoms with Gasteiger partial charge >= 0.3 is 0 Å². The highest BCUT2D eigenvalue weighted by Crippen LogP contribution is 2.42. The normalized spacial score (nSPS) is 29.4. The quantitative estimate of drug-likeness (QED) is 0.775. The predicted octanol–water partition coefficient (Wildman–Crippen LogP) is 1.78. The molecule has 0 radical (unpaired) electrons. The van der Waals surface area contributed by atoms with Gasteiger partial charge in [0.05, 0.1) is 0 Å². The summed E-state index contributed by atoms with van der Waals surface area (Å²) in [5.41, 5.74) is -0.00292. The highest BCUT2D eigenvalue weighted by atomic mass is 16.2. The molecule has 16 heavy (non-hydrogen) atoms. The first kappa shape index (κ1) is 11.9. The summed E-state index contributed by atoms with van der Waals surface area (Å²) in [7, 11) is 0. The van der Waals surface area contributed by atoms with E-state index < -0.39 is 0 Å². The maximum atomic E-state index is 12.6. The van der Waals surface area contributed by atoms with Gasteiger partial charge in [-0.05, 0) is 26.2 Å². The van der Waals surface area contributed by atoms with Crippen LogP contribution in [0, 0.1) is 5.41 Å². The fourth-order valence-electron chi connectivity index (χ4n) is 3.22. The largest absolute Gasteiger partial charge is 0.339 e. The summed E-state index contributed by atoms with van der Waals surface area (Å²) in [4.78, 5) is 14.7. The van der Waals surface area contributed by atoms with Crippen LogP contribution in [0.5, 0.6) is 0 Å². The Bertz CT molecular complexity index is 259. The van der Waals surface area contributed by atoms with Crippen LogP contribution in [-0.2, 0) is 4.79 Å². The monoisotopic (exact) mass is 224 g/mol. The number of hydrogen-bond acceptors (Lipinski definition) is 2. The summed E-state index contributed by atoms with van der Waals surface area (Å²) in [5.74, 6) is 0.431. The van der Waals surface area contributed by atoms with Gasteiger partial charge in [0.15, 0.2) is 0 Å². The van der Waals surface area contributed by atoms with Crippen LogP contribution in [0.3, 0.4) is 0 Å². The van der Waals surface area contributed by atoms with E-state index in [0.29, 0.717) is 11.9 Å². The third kappa shape index (κ3) is 2.10. The SMILES string of the molecule is CCC1(C(=O)N2CCN[C@@H](C)C2)CCCC1. The molecular weight excluding hydrogens is 200 g/mol. The number of carbonyl (C=O) groups is 1. The first-order valence-electron chi connectivity index (χ1n) is 6.71. The molecule has 1 atom stereocenters. The standard InChI is InChI=1S/C13H24N2O/c1-3-13(6-4-5-7-13)12(16)15-9-8-14-11(2)10-15/h11,14H,3-10H2,1-2H3/t11-/m0/s1. The highest BCUT2D eigenvalue weighted by Gasteiger charge is 2.42. The number of carbonyl (C=O) groups excluding carboxylic acids is 1. The molecule has 1 aliphatic heterocycles. The number of rotatable bonds is 2. The maximum Gasteiger partial charge on any atom is 0.228 e. The molecule has 0 unspecified atom stereocenters. The van der Waals surface area contributed by atoms with Crippen molar-refractivity contribution in [3.05, 3.63) is 0 Å². The van der Waals surface area contributed by atoms with Gasteiger partial charge in [0.25, 0.3) is 0 Å². The average molecular weight is 224 g/mol. The van der Waals surface area contributed by atoms with Crippen molar-refractivity contribution in [3.8, 4) is 0 Å². The molecule has 0 aromatic carbocycles. The second kappa shape index (κ2) is 4.74. The molecule has 1 saturated heterocycles. The van der Waals surface area contributed by atoms with E-state index in [0.717, 1.165) is 38.9 Å². The lowest BCUT2D eigenvalue weighted by molar-refractivity contribution is -0.143. The summed E-state index contributed by atoms with van der Waals surface area (Å²) in [6, 6.07) is 0.452. The molecule has 0 aromatic rings. The van der Waals surface area contributed by atoms with Crippen LogP contribution in [-0.4, -0.2) is 36.5 Å². The summed E-state index contributed by atoms with van der Waals surface area (Å²) < 4.78 is 0. The van der Waals surface area contributed by atoms with Crippen molar-refractivity contribution in [2.45, 2.75) is 52.0 Å². The average Bonchev–Trinajstić information content (AvgIpc) is 2.78. The number of nitrogens with zero attached hydrogens (tertiary/aromatic N) is 1. The van der Waals surface area contributed by atoms with Crippen LogP contribution in [0.1, 0.15) is 46.0 Å². The van der Waals surface area contributed by atoms with Gasteiger partial charge in [-0.15, -0.1) is 0 Å². The summed E-state index contributed by atoms with van der Waals surface area (Å²) >= 11 is 0. The van der Waals surface area contributed by atoms with E-state index in [-0.39, 0.29) is 5.41 Å². The van der Waals surface area contributed by atoms with E-state index in [4.69, 9.17) is 0 Å². The molecule has 1 N–H and O–H groups in total. The zero-order valence-electron chi connectivity index (χ0n) is 10.6. The van der Waals surface area contributed by atoms with Crippen molar-refractivity contribution in [3.63, 3.8) is 0 Å². The van der Waals surface area contributed by atoms with Crippen molar-refractivity contribution in [2.24, 2.45) is 5.41 Å². The zero-order valence-corrected chi connectivity index (χ0v) is 10.6. The molecule has 92 valence electrons. The van der Waals surface area contributed by atoms with Crippen molar-refractivity contribution >= 4 is 5.91 Å². The van der Waals surface area contributed by atoms with Crippen LogP contribution in [0.25, 0.3) is 0 Å². The minimum Gasteiger partial charge on any atom is -0.339 e. The maximum absolute atomic E-state index is 12.6. The molecule has 3 nitrogen and oxygen atoms in total. The molecule has 2 aliphatic rings. The first-order chi connectivity index (χ1) is 7.68. The second-order valence-corrected chi connectivity index (χ2v) is 5.45. The highest BCUT2D eigenvalue weighted by molar-refractivity contribution is 5.83. The molecule has 1 amide bonds. The molecule has 1 aliphatic carbocycles. The fraction of sp³-hybridized carbons (Fsp3) is 0.923. The predicted molar refractivity (Wildman–Crippen MR) is 65.2 cm³/mol. The van der Waals surface area contributed by atoms with E-state index in [1.165, 1.54) is 12.8 Å². The minimum absolute atomic E-state index is 0.00292. The van der Waals surface area contributed by atoms with Gasteiger partial charge in [-0.25, -0.2) is 0 Å². The zero-order chi connectivity index (χ0) is 11.6. The van der Waals surface area contributed by atoms with Crippen LogP contribution in [0.4, 0.5) is 0 Å². The van der Waals surface area contributed by atoms with Gasteiger partial charge in [0.1, 0.15) is 0 Å². The van der Waals surface area contributed by atoms with E-state index >= 15 is 0 Å². The van der Waals surface area contributed by atoms with E-state index in [9.17, 15) is 4.79 Å². The van der Waals surface area contributed by atoms with Gasteiger partial charge in [-0.3, -0.25) is 4.79 Å². The molecule has 1 saturated carbocycles. The van der Waals surface area contributed by atoms with Gasteiger partial charge in [-0.2, -0.15) is 0 Å². The number of hydrogen-bond donors (Lipinski definition) is 1. The van der Waals surface area contributed by atoms with Crippen molar-refractivity contribution in [1.29, 1.82) is 0 Å². The molecule has 2 rings (SSSR count). The van der Waals surface area contributed by atoms with Crippen LogP contribution in [0.2, 0.25) is 0 Å². The Morgan fingerprint density at radius 3 is 2.69 bits per heavy atom. The van der Waals surface area contributed by atoms with Gasteiger partial charge in [0.2, 0.25) is 5.91 Å². The molecule has 1 heterocycles. The van der Waals surface area contributed by atoms with Crippen LogP contribution in [0.15, 0.2) is 0 Å². The Balaban J connectivity index is 2.04. The molecule has 0 aromatic heterocycles. The topological polar surface area (TPSA) is 32.3 Å². The van der Waals surface area contributed by atoms with Crippen LogP contribution >= 0.6 is 0 Å². The first-order valence-corrected chi connectivity index (χ1v) is 6.71. The Hall–Kier alpha value is -0.570. The lowest BCUT2D eigenvalue weighted by Gasteiger charge is -2.38. The molecule has 0 spiro atoms. The lowest BCUT2D eigenvalue weighted by atomic mass is 9.81. The second-order valence-electron chi connectivity index (χ2n) is 5.45. The molecule has 0 bridgehead atoms. The fourth-order valence-corrected chi connectivity index (χ4v) is 3.22. The number of piperazine rings is 1. The Labute approximate surface area is 98.6 Å². The molecule has 3 heteroatoms. The lowest BCUT2D eigenvalue weighted by Crippen LogP contribution is -2.54. The minimum atomic E-state index is -0.00292. The van der Waals surface area contributed by atoms with Crippen molar-refractivity contribution in [1.82, 2.24) is 10.2 Å². The van der Waals surface area contributed by atoms with Crippen LogP contribution < -0.4 is 5.32 Å². The van der Waals surface area contributed by atoms with Gasteiger partial charge in [-0.1, -0.05) is 19.8 Å². The van der Waals surface area contributed by atoms with E-state index in [1.54, 1.807) is 0 Å². The summed E-state index contributed by atoms with van der Waals surface area (Å²) in [6.07, 6.45) is 5.72.